The summed E-state index contributed by atoms with van der Waals surface area (Å²) < 4.78 is 19.4. The number of nitriles is 1. The van der Waals surface area contributed by atoms with Crippen molar-refractivity contribution in [3.63, 3.8) is 0 Å². The first kappa shape index (κ1) is 16.8. The summed E-state index contributed by atoms with van der Waals surface area (Å²) in [6.07, 6.45) is 5.90. The van der Waals surface area contributed by atoms with Gasteiger partial charge in [-0.15, -0.1) is 0 Å². The fraction of sp³-hybridized carbons (Fsp3) is 0.368. The van der Waals surface area contributed by atoms with Crippen molar-refractivity contribution in [2.24, 2.45) is 5.92 Å². The maximum Gasteiger partial charge on any atom is 0.254 e. The summed E-state index contributed by atoms with van der Waals surface area (Å²) in [6, 6.07) is 8.41. The van der Waals surface area contributed by atoms with Crippen LogP contribution in [0.1, 0.15) is 46.8 Å². The molecule has 2 aliphatic rings. The number of hydrogen-bond donors (Lipinski definition) is 3. The maximum absolute atomic E-state index is 14.2. The highest BCUT2D eigenvalue weighted by molar-refractivity contribution is 5.95. The Kier molecular flexibility index (Phi) is 4.45. The molecule has 1 aliphatic heterocycles. The molecule has 0 spiro atoms. The zero-order valence-corrected chi connectivity index (χ0v) is 14.0. The predicted octanol–water partition coefficient (Wildman–Crippen LogP) is 2.41. The van der Waals surface area contributed by atoms with E-state index in [4.69, 9.17) is 9.68 Å². The normalized spacial score (nSPS) is 27.5. The fourth-order valence-electron chi connectivity index (χ4n) is 4.03. The monoisotopic (exact) mass is 354 g/mol. The molecule has 1 aromatic heterocycles. The van der Waals surface area contributed by atoms with Gasteiger partial charge in [-0.1, -0.05) is 6.07 Å². The van der Waals surface area contributed by atoms with Crippen molar-refractivity contribution in [1.29, 1.82) is 5.26 Å². The number of nitrogens with zero attached hydrogens (tertiary/aromatic N) is 1. The SMILES string of the molecule is N#Cc1cccc(C(=O)NC2CCC3NNC(c4ccoc4)C3C2)c1F. The molecule has 2 heterocycles. The van der Waals surface area contributed by atoms with Gasteiger partial charge in [0, 0.05) is 17.6 Å². The average molecular weight is 354 g/mol. The van der Waals surface area contributed by atoms with Gasteiger partial charge in [-0.25, -0.2) is 9.82 Å². The van der Waals surface area contributed by atoms with E-state index in [0.29, 0.717) is 12.0 Å². The lowest BCUT2D eigenvalue weighted by Gasteiger charge is -2.33. The Balaban J connectivity index is 1.46. The Morgan fingerprint density at radius 2 is 2.19 bits per heavy atom. The van der Waals surface area contributed by atoms with Crippen LogP contribution in [0.5, 0.6) is 0 Å². The number of rotatable bonds is 3. The third-order valence-corrected chi connectivity index (χ3v) is 5.35. The number of carbonyl (C=O) groups is 1. The highest BCUT2D eigenvalue weighted by Crippen LogP contribution is 2.38. The van der Waals surface area contributed by atoms with E-state index in [1.807, 2.05) is 6.07 Å². The van der Waals surface area contributed by atoms with Gasteiger partial charge >= 0.3 is 0 Å². The summed E-state index contributed by atoms with van der Waals surface area (Å²) in [5.41, 5.74) is 7.51. The smallest absolute Gasteiger partial charge is 0.254 e. The molecular formula is C19H19FN4O2. The van der Waals surface area contributed by atoms with Gasteiger partial charge in [0.1, 0.15) is 6.07 Å². The van der Waals surface area contributed by atoms with Gasteiger partial charge in [0.25, 0.3) is 5.91 Å². The minimum absolute atomic E-state index is 0.0370. The maximum atomic E-state index is 14.2. The first-order valence-corrected chi connectivity index (χ1v) is 8.70. The summed E-state index contributed by atoms with van der Waals surface area (Å²) >= 11 is 0. The number of amides is 1. The van der Waals surface area contributed by atoms with Crippen LogP contribution in [0.4, 0.5) is 4.39 Å². The van der Waals surface area contributed by atoms with Gasteiger partial charge in [0.2, 0.25) is 0 Å². The molecule has 1 aliphatic carbocycles. The molecule has 2 aromatic rings. The largest absolute Gasteiger partial charge is 0.472 e. The second kappa shape index (κ2) is 6.90. The molecular weight excluding hydrogens is 335 g/mol. The van der Waals surface area contributed by atoms with E-state index in [0.717, 1.165) is 24.8 Å². The number of benzene rings is 1. The second-order valence-corrected chi connectivity index (χ2v) is 6.86. The number of hydrazine groups is 1. The Morgan fingerprint density at radius 1 is 1.31 bits per heavy atom. The molecule has 4 atom stereocenters. The van der Waals surface area contributed by atoms with Crippen molar-refractivity contribution in [2.75, 3.05) is 0 Å². The van der Waals surface area contributed by atoms with Gasteiger partial charge in [0.05, 0.1) is 29.7 Å². The summed E-state index contributed by atoms with van der Waals surface area (Å²) in [7, 11) is 0. The minimum atomic E-state index is -0.762. The molecule has 6 nitrogen and oxygen atoms in total. The molecule has 4 rings (SSSR count). The van der Waals surface area contributed by atoms with Gasteiger partial charge in [-0.3, -0.25) is 10.2 Å². The van der Waals surface area contributed by atoms with E-state index in [9.17, 15) is 9.18 Å². The van der Waals surface area contributed by atoms with Crippen LogP contribution in [-0.2, 0) is 0 Å². The molecule has 134 valence electrons. The predicted molar refractivity (Wildman–Crippen MR) is 91.2 cm³/mol. The van der Waals surface area contributed by atoms with Crippen LogP contribution in [0.2, 0.25) is 0 Å². The number of halogens is 1. The Hall–Kier alpha value is -2.69. The molecule has 26 heavy (non-hydrogen) atoms. The highest BCUT2D eigenvalue weighted by Gasteiger charge is 2.41. The Bertz CT molecular complexity index is 846. The van der Waals surface area contributed by atoms with E-state index in [2.05, 4.69) is 16.2 Å². The van der Waals surface area contributed by atoms with Crippen LogP contribution < -0.4 is 16.2 Å². The lowest BCUT2D eigenvalue weighted by Crippen LogP contribution is -2.44. The molecule has 0 bridgehead atoms. The lowest BCUT2D eigenvalue weighted by atomic mass is 9.77. The van der Waals surface area contributed by atoms with Gasteiger partial charge in [0.15, 0.2) is 5.82 Å². The Morgan fingerprint density at radius 3 is 2.96 bits per heavy atom. The third kappa shape index (κ3) is 2.98. The molecule has 1 saturated heterocycles. The quantitative estimate of drug-likeness (QED) is 0.787. The minimum Gasteiger partial charge on any atom is -0.472 e. The summed E-state index contributed by atoms with van der Waals surface area (Å²) in [4.78, 5) is 12.5. The van der Waals surface area contributed by atoms with Crippen LogP contribution in [0.25, 0.3) is 0 Å². The van der Waals surface area contributed by atoms with E-state index >= 15 is 0 Å². The van der Waals surface area contributed by atoms with Crippen LogP contribution >= 0.6 is 0 Å². The molecule has 2 fully saturated rings. The molecule has 7 heteroatoms. The van der Waals surface area contributed by atoms with Crippen LogP contribution in [-0.4, -0.2) is 18.0 Å². The molecule has 4 unspecified atom stereocenters. The summed E-state index contributed by atoms with van der Waals surface area (Å²) in [5, 5.41) is 11.9. The third-order valence-electron chi connectivity index (χ3n) is 5.35. The summed E-state index contributed by atoms with van der Waals surface area (Å²) in [5.74, 6) is -0.926. The van der Waals surface area contributed by atoms with Gasteiger partial charge in [-0.05, 0) is 43.4 Å². The van der Waals surface area contributed by atoms with Crippen LogP contribution in [0.3, 0.4) is 0 Å². The molecule has 0 radical (unpaired) electrons. The van der Waals surface area contributed by atoms with Gasteiger partial charge in [-0.2, -0.15) is 5.26 Å². The Labute approximate surface area is 150 Å². The van der Waals surface area contributed by atoms with E-state index < -0.39 is 11.7 Å². The molecule has 3 N–H and O–H groups in total. The first-order chi connectivity index (χ1) is 12.7. The zero-order chi connectivity index (χ0) is 18.1. The average Bonchev–Trinajstić information content (AvgIpc) is 3.30. The number of carbonyl (C=O) groups excluding carboxylic acids is 1. The van der Waals surface area contributed by atoms with Crippen molar-refractivity contribution in [3.05, 3.63) is 59.3 Å². The number of fused-ring (bicyclic) bond motifs is 1. The number of furan rings is 1. The number of nitrogens with one attached hydrogen (secondary N) is 3. The van der Waals surface area contributed by atoms with E-state index in [1.165, 1.54) is 18.2 Å². The number of hydrogen-bond acceptors (Lipinski definition) is 5. The molecule has 1 amide bonds. The van der Waals surface area contributed by atoms with Crippen LogP contribution in [0, 0.1) is 23.1 Å². The highest BCUT2D eigenvalue weighted by atomic mass is 19.1. The van der Waals surface area contributed by atoms with Crippen LogP contribution in [0.15, 0.2) is 41.2 Å². The first-order valence-electron chi connectivity index (χ1n) is 8.70. The topological polar surface area (TPSA) is 90.1 Å². The summed E-state index contributed by atoms with van der Waals surface area (Å²) in [6.45, 7) is 0. The van der Waals surface area contributed by atoms with Gasteiger partial charge < -0.3 is 9.73 Å². The second-order valence-electron chi connectivity index (χ2n) is 6.86. The molecule has 1 saturated carbocycles. The fourth-order valence-corrected chi connectivity index (χ4v) is 4.03. The van der Waals surface area contributed by atoms with Crippen molar-refractivity contribution < 1.29 is 13.6 Å². The van der Waals surface area contributed by atoms with E-state index in [-0.39, 0.29) is 23.2 Å². The lowest BCUT2D eigenvalue weighted by molar-refractivity contribution is 0.0911. The van der Waals surface area contributed by atoms with Crippen molar-refractivity contribution in [2.45, 2.75) is 37.4 Å². The van der Waals surface area contributed by atoms with Crippen molar-refractivity contribution >= 4 is 5.91 Å². The van der Waals surface area contributed by atoms with Crippen molar-refractivity contribution in [3.8, 4) is 6.07 Å². The zero-order valence-electron chi connectivity index (χ0n) is 14.0. The standard InChI is InChI=1S/C19H19FN4O2/c20-17-11(9-21)2-1-3-14(17)19(25)22-13-4-5-16-15(8-13)18(24-23-16)12-6-7-26-10-12/h1-3,6-7,10,13,15-16,18,23-24H,4-5,8H2,(H,22,25). The molecule has 1 aromatic carbocycles. The van der Waals surface area contributed by atoms with E-state index in [1.54, 1.807) is 18.6 Å². The van der Waals surface area contributed by atoms with Crippen molar-refractivity contribution in [1.82, 2.24) is 16.2 Å².